The third-order valence-corrected chi connectivity index (χ3v) is 3.64. The molecule has 0 heterocycles. The van der Waals surface area contributed by atoms with Crippen LogP contribution in [0.5, 0.6) is 5.75 Å². The van der Waals surface area contributed by atoms with Crippen molar-refractivity contribution in [1.82, 2.24) is 5.32 Å². The lowest BCUT2D eigenvalue weighted by Gasteiger charge is -2.11. The van der Waals surface area contributed by atoms with Gasteiger partial charge in [0.15, 0.2) is 0 Å². The molecule has 0 atom stereocenters. The van der Waals surface area contributed by atoms with Crippen LogP contribution in [-0.2, 0) is 4.79 Å². The minimum Gasteiger partial charge on any atom is -0.492 e. The van der Waals surface area contributed by atoms with Crippen molar-refractivity contribution >= 4 is 17.5 Å². The molecule has 0 spiro atoms. The number of carbonyl (C=O) groups excluding carboxylic acids is 2. The summed E-state index contributed by atoms with van der Waals surface area (Å²) in [7, 11) is 0. The second-order valence-corrected chi connectivity index (χ2v) is 5.70. The molecule has 0 bridgehead atoms. The molecule has 2 rings (SSSR count). The first-order valence-electron chi connectivity index (χ1n) is 8.46. The summed E-state index contributed by atoms with van der Waals surface area (Å²) in [6, 6.07) is 14.7. The molecule has 2 aromatic rings. The summed E-state index contributed by atoms with van der Waals surface area (Å²) in [6.45, 7) is 4.87. The third-order valence-electron chi connectivity index (χ3n) is 3.64. The van der Waals surface area contributed by atoms with E-state index in [1.165, 1.54) is 0 Å². The van der Waals surface area contributed by atoms with Crippen molar-refractivity contribution in [3.05, 3.63) is 59.7 Å². The molecule has 0 aromatic heterocycles. The van der Waals surface area contributed by atoms with Crippen LogP contribution in [0.2, 0.25) is 0 Å². The number of amides is 2. The highest BCUT2D eigenvalue weighted by Gasteiger charge is 2.08. The van der Waals surface area contributed by atoms with Gasteiger partial charge in [-0.05, 0) is 44.5 Å². The second kappa shape index (κ2) is 9.47. The fourth-order valence-corrected chi connectivity index (χ4v) is 2.32. The topological polar surface area (TPSA) is 67.4 Å². The number of aryl methyl sites for hydroxylation is 1. The van der Waals surface area contributed by atoms with Crippen LogP contribution in [0.4, 0.5) is 5.69 Å². The van der Waals surface area contributed by atoms with Crippen LogP contribution in [0.25, 0.3) is 0 Å². The lowest BCUT2D eigenvalue weighted by atomic mass is 10.1. The Bertz CT molecular complexity index is 711. The van der Waals surface area contributed by atoms with E-state index in [1.807, 2.05) is 50.2 Å². The molecular formula is C20H24N2O3. The first-order valence-corrected chi connectivity index (χ1v) is 8.46. The molecule has 2 aromatic carbocycles. The van der Waals surface area contributed by atoms with E-state index in [0.717, 1.165) is 5.56 Å². The highest BCUT2D eigenvalue weighted by molar-refractivity contribution is 5.94. The number of anilines is 1. The van der Waals surface area contributed by atoms with Crippen LogP contribution in [0, 0.1) is 6.92 Å². The van der Waals surface area contributed by atoms with E-state index in [4.69, 9.17) is 4.74 Å². The molecule has 2 N–H and O–H groups in total. The molecule has 2 amide bonds. The Balaban J connectivity index is 1.74. The molecule has 0 aliphatic heterocycles. The standard InChI is InChI=1S/C20H24N2O3/c1-3-25-18-8-5-4-7-17(18)22-19(23)9-6-14-21-20(24)16-12-10-15(2)11-13-16/h4-5,7-8,10-13H,3,6,9,14H2,1-2H3,(H,21,24)(H,22,23). The summed E-state index contributed by atoms with van der Waals surface area (Å²) in [5.74, 6) is 0.435. The molecule has 0 unspecified atom stereocenters. The van der Waals surface area contributed by atoms with Crippen molar-refractivity contribution in [3.8, 4) is 5.75 Å². The monoisotopic (exact) mass is 340 g/mol. The average Bonchev–Trinajstić information content (AvgIpc) is 2.61. The van der Waals surface area contributed by atoms with Crippen LogP contribution in [0.1, 0.15) is 35.7 Å². The summed E-state index contributed by atoms with van der Waals surface area (Å²) in [5.41, 5.74) is 2.40. The number of hydrogen-bond donors (Lipinski definition) is 2. The lowest BCUT2D eigenvalue weighted by molar-refractivity contribution is -0.116. The van der Waals surface area contributed by atoms with Gasteiger partial charge in [0.2, 0.25) is 5.91 Å². The van der Waals surface area contributed by atoms with E-state index in [1.54, 1.807) is 12.1 Å². The summed E-state index contributed by atoms with van der Waals surface area (Å²) >= 11 is 0. The highest BCUT2D eigenvalue weighted by Crippen LogP contribution is 2.23. The van der Waals surface area contributed by atoms with Gasteiger partial charge in [-0.2, -0.15) is 0 Å². The van der Waals surface area contributed by atoms with E-state index >= 15 is 0 Å². The molecular weight excluding hydrogens is 316 g/mol. The van der Waals surface area contributed by atoms with Gasteiger partial charge in [0, 0.05) is 18.5 Å². The van der Waals surface area contributed by atoms with Crippen molar-refractivity contribution < 1.29 is 14.3 Å². The number of nitrogens with one attached hydrogen (secondary N) is 2. The minimum atomic E-state index is -0.123. The van der Waals surface area contributed by atoms with Crippen molar-refractivity contribution in [2.75, 3.05) is 18.5 Å². The predicted octanol–water partition coefficient (Wildman–Crippen LogP) is 3.54. The fraction of sp³-hybridized carbons (Fsp3) is 0.300. The quantitative estimate of drug-likeness (QED) is 0.722. The summed E-state index contributed by atoms with van der Waals surface area (Å²) < 4.78 is 5.48. The van der Waals surface area contributed by atoms with E-state index in [0.29, 0.717) is 43.0 Å². The number of para-hydroxylation sites is 2. The largest absolute Gasteiger partial charge is 0.492 e. The molecule has 0 aliphatic carbocycles. The van der Waals surface area contributed by atoms with Crippen molar-refractivity contribution in [2.24, 2.45) is 0 Å². The van der Waals surface area contributed by atoms with Crippen molar-refractivity contribution in [2.45, 2.75) is 26.7 Å². The maximum atomic E-state index is 12.0. The SMILES string of the molecule is CCOc1ccccc1NC(=O)CCCNC(=O)c1ccc(C)cc1. The summed E-state index contributed by atoms with van der Waals surface area (Å²) in [4.78, 5) is 24.0. The van der Waals surface area contributed by atoms with Gasteiger partial charge in [-0.25, -0.2) is 0 Å². The molecule has 0 radical (unpaired) electrons. The van der Waals surface area contributed by atoms with Crippen LogP contribution < -0.4 is 15.4 Å². The molecule has 0 fully saturated rings. The minimum absolute atomic E-state index is 0.100. The van der Waals surface area contributed by atoms with Gasteiger partial charge in [0.05, 0.1) is 12.3 Å². The smallest absolute Gasteiger partial charge is 0.251 e. The third kappa shape index (κ3) is 5.95. The number of benzene rings is 2. The molecule has 0 saturated heterocycles. The Kier molecular flexibility index (Phi) is 7.01. The Morgan fingerprint density at radius 1 is 1.04 bits per heavy atom. The van der Waals surface area contributed by atoms with Gasteiger partial charge in [0.1, 0.15) is 5.75 Å². The Morgan fingerprint density at radius 2 is 1.76 bits per heavy atom. The zero-order chi connectivity index (χ0) is 18.1. The molecule has 25 heavy (non-hydrogen) atoms. The summed E-state index contributed by atoms with van der Waals surface area (Å²) in [5, 5.41) is 5.67. The number of rotatable bonds is 8. The van der Waals surface area contributed by atoms with Crippen molar-refractivity contribution in [1.29, 1.82) is 0 Å². The van der Waals surface area contributed by atoms with Gasteiger partial charge in [0.25, 0.3) is 5.91 Å². The van der Waals surface area contributed by atoms with E-state index in [2.05, 4.69) is 10.6 Å². The maximum absolute atomic E-state index is 12.0. The van der Waals surface area contributed by atoms with Gasteiger partial charge in [-0.1, -0.05) is 29.8 Å². The van der Waals surface area contributed by atoms with Gasteiger partial charge in [-0.3, -0.25) is 9.59 Å². The highest BCUT2D eigenvalue weighted by atomic mass is 16.5. The maximum Gasteiger partial charge on any atom is 0.251 e. The second-order valence-electron chi connectivity index (χ2n) is 5.70. The predicted molar refractivity (Wildman–Crippen MR) is 99.0 cm³/mol. The van der Waals surface area contributed by atoms with Gasteiger partial charge in [-0.15, -0.1) is 0 Å². The van der Waals surface area contributed by atoms with Crippen LogP contribution in [0.3, 0.4) is 0 Å². The summed E-state index contributed by atoms with van der Waals surface area (Å²) in [6.07, 6.45) is 0.898. The molecule has 0 aliphatic rings. The first-order chi connectivity index (χ1) is 12.1. The van der Waals surface area contributed by atoms with E-state index < -0.39 is 0 Å². The van der Waals surface area contributed by atoms with Crippen LogP contribution in [0.15, 0.2) is 48.5 Å². The zero-order valence-electron chi connectivity index (χ0n) is 14.7. The van der Waals surface area contributed by atoms with E-state index in [-0.39, 0.29) is 11.8 Å². The normalized spacial score (nSPS) is 10.2. The van der Waals surface area contributed by atoms with Gasteiger partial charge >= 0.3 is 0 Å². The number of carbonyl (C=O) groups is 2. The first kappa shape index (κ1) is 18.5. The molecule has 132 valence electrons. The fourth-order valence-electron chi connectivity index (χ4n) is 2.32. The Hall–Kier alpha value is -2.82. The lowest BCUT2D eigenvalue weighted by Crippen LogP contribution is -2.25. The molecule has 0 saturated carbocycles. The average molecular weight is 340 g/mol. The van der Waals surface area contributed by atoms with Crippen molar-refractivity contribution in [3.63, 3.8) is 0 Å². The number of hydrogen-bond acceptors (Lipinski definition) is 3. The van der Waals surface area contributed by atoms with E-state index in [9.17, 15) is 9.59 Å². The van der Waals surface area contributed by atoms with Gasteiger partial charge < -0.3 is 15.4 Å². The van der Waals surface area contributed by atoms with Crippen LogP contribution in [-0.4, -0.2) is 25.0 Å². The number of ether oxygens (including phenoxy) is 1. The Morgan fingerprint density at radius 3 is 2.48 bits per heavy atom. The van der Waals surface area contributed by atoms with Crippen LogP contribution >= 0.6 is 0 Å². The zero-order valence-corrected chi connectivity index (χ0v) is 14.7. The molecule has 5 heteroatoms. The molecule has 5 nitrogen and oxygen atoms in total. The Labute approximate surface area is 148 Å².